The molecule has 0 aromatic carbocycles. The highest BCUT2D eigenvalue weighted by atomic mass is 32.2. The second-order valence-corrected chi connectivity index (χ2v) is 8.18. The Balaban J connectivity index is 2.01. The number of hydrogen-bond acceptors (Lipinski definition) is 4. The van der Waals surface area contributed by atoms with Crippen molar-refractivity contribution in [2.45, 2.75) is 70.8 Å². The number of amides is 3. The number of rotatable bonds is 10. The first kappa shape index (κ1) is 20.3. The van der Waals surface area contributed by atoms with Crippen molar-refractivity contribution in [2.75, 3.05) is 18.6 Å². The Morgan fingerprint density at radius 2 is 1.80 bits per heavy atom. The maximum absolute atomic E-state index is 12.8. The predicted octanol–water partition coefficient (Wildman–Crippen LogP) is 2.98. The molecule has 1 saturated carbocycles. The van der Waals surface area contributed by atoms with Gasteiger partial charge in [0.15, 0.2) is 0 Å². The number of likely N-dealkylation sites (tertiary alicyclic amines) is 1. The molecular weight excluding hydrogens is 336 g/mol. The topological polar surface area (TPSA) is 66.5 Å². The molecule has 1 N–H and O–H groups in total. The van der Waals surface area contributed by atoms with Crippen molar-refractivity contribution in [1.29, 1.82) is 0 Å². The van der Waals surface area contributed by atoms with Crippen LogP contribution in [-0.4, -0.2) is 47.2 Å². The molecule has 6 heteroatoms. The number of carbonyl (C=O) groups excluding carboxylic acids is 3. The molecule has 25 heavy (non-hydrogen) atoms. The third-order valence-corrected chi connectivity index (χ3v) is 6.06. The van der Waals surface area contributed by atoms with E-state index in [4.69, 9.17) is 0 Å². The SMILES string of the molecule is CCCCCCNC(=O)C(CCSC)N1C(=O)C2CCCCC2C1=O. The van der Waals surface area contributed by atoms with Crippen LogP contribution in [0.25, 0.3) is 0 Å². The van der Waals surface area contributed by atoms with Gasteiger partial charge < -0.3 is 5.32 Å². The van der Waals surface area contributed by atoms with Crippen LogP contribution in [0.5, 0.6) is 0 Å². The highest BCUT2D eigenvalue weighted by Gasteiger charge is 2.51. The number of thioether (sulfide) groups is 1. The number of carbonyl (C=O) groups is 3. The van der Waals surface area contributed by atoms with Gasteiger partial charge in [-0.3, -0.25) is 19.3 Å². The fraction of sp³-hybridized carbons (Fsp3) is 0.842. The van der Waals surface area contributed by atoms with Gasteiger partial charge in [0.2, 0.25) is 17.7 Å². The molecule has 0 bridgehead atoms. The summed E-state index contributed by atoms with van der Waals surface area (Å²) in [6, 6.07) is -0.635. The van der Waals surface area contributed by atoms with Crippen molar-refractivity contribution in [3.63, 3.8) is 0 Å². The van der Waals surface area contributed by atoms with Crippen molar-refractivity contribution in [3.05, 3.63) is 0 Å². The Hall–Kier alpha value is -1.04. The lowest BCUT2D eigenvalue weighted by atomic mass is 9.81. The van der Waals surface area contributed by atoms with Gasteiger partial charge in [0, 0.05) is 6.54 Å². The van der Waals surface area contributed by atoms with Gasteiger partial charge in [-0.2, -0.15) is 11.8 Å². The van der Waals surface area contributed by atoms with E-state index in [2.05, 4.69) is 12.2 Å². The molecule has 0 aromatic rings. The van der Waals surface area contributed by atoms with E-state index in [1.165, 1.54) is 4.90 Å². The zero-order chi connectivity index (χ0) is 18.2. The Morgan fingerprint density at radius 1 is 1.16 bits per heavy atom. The lowest BCUT2D eigenvalue weighted by Crippen LogP contribution is -2.50. The van der Waals surface area contributed by atoms with Crippen LogP contribution in [-0.2, 0) is 14.4 Å². The Morgan fingerprint density at radius 3 is 2.36 bits per heavy atom. The lowest BCUT2D eigenvalue weighted by Gasteiger charge is -2.25. The van der Waals surface area contributed by atoms with E-state index in [0.717, 1.165) is 57.1 Å². The second-order valence-electron chi connectivity index (χ2n) is 7.19. The van der Waals surface area contributed by atoms with Crippen molar-refractivity contribution >= 4 is 29.5 Å². The molecule has 1 heterocycles. The zero-order valence-corrected chi connectivity index (χ0v) is 16.4. The number of imide groups is 1. The zero-order valence-electron chi connectivity index (χ0n) is 15.6. The number of fused-ring (bicyclic) bond motifs is 1. The van der Waals surface area contributed by atoms with Gasteiger partial charge in [0.05, 0.1) is 11.8 Å². The van der Waals surface area contributed by atoms with Gasteiger partial charge in [-0.1, -0.05) is 39.0 Å². The van der Waals surface area contributed by atoms with Gasteiger partial charge in [0.1, 0.15) is 6.04 Å². The summed E-state index contributed by atoms with van der Waals surface area (Å²) >= 11 is 1.64. The Labute approximate surface area is 155 Å². The smallest absolute Gasteiger partial charge is 0.243 e. The highest BCUT2D eigenvalue weighted by Crippen LogP contribution is 2.39. The first-order valence-corrected chi connectivity index (χ1v) is 11.1. The summed E-state index contributed by atoms with van der Waals surface area (Å²) in [5.74, 6) is 0.0147. The summed E-state index contributed by atoms with van der Waals surface area (Å²) in [5, 5.41) is 2.96. The summed E-state index contributed by atoms with van der Waals surface area (Å²) in [5.41, 5.74) is 0. The molecule has 142 valence electrons. The van der Waals surface area contributed by atoms with Crippen LogP contribution in [0.4, 0.5) is 0 Å². The van der Waals surface area contributed by atoms with Crippen molar-refractivity contribution < 1.29 is 14.4 Å². The molecule has 0 radical (unpaired) electrons. The Kier molecular flexibility index (Phi) is 8.27. The van der Waals surface area contributed by atoms with E-state index in [9.17, 15) is 14.4 Å². The quantitative estimate of drug-likeness (QED) is 0.475. The summed E-state index contributed by atoms with van der Waals surface area (Å²) in [7, 11) is 0. The molecule has 0 aromatic heterocycles. The highest BCUT2D eigenvalue weighted by molar-refractivity contribution is 7.98. The van der Waals surface area contributed by atoms with Gasteiger partial charge >= 0.3 is 0 Å². The Bertz CT molecular complexity index is 459. The number of hydrogen-bond donors (Lipinski definition) is 1. The van der Waals surface area contributed by atoms with Crippen LogP contribution in [0, 0.1) is 11.8 Å². The summed E-state index contributed by atoms with van der Waals surface area (Å²) < 4.78 is 0. The van der Waals surface area contributed by atoms with Crippen molar-refractivity contribution in [3.8, 4) is 0 Å². The third-order valence-electron chi connectivity index (χ3n) is 5.41. The molecule has 2 rings (SSSR count). The first-order chi connectivity index (χ1) is 12.1. The minimum atomic E-state index is -0.635. The van der Waals surface area contributed by atoms with E-state index in [1.807, 2.05) is 6.26 Å². The fourth-order valence-corrected chi connectivity index (χ4v) is 4.44. The summed E-state index contributed by atoms with van der Waals surface area (Å²) in [4.78, 5) is 39.6. The maximum Gasteiger partial charge on any atom is 0.243 e. The molecule has 3 atom stereocenters. The molecule has 1 saturated heterocycles. The summed E-state index contributed by atoms with van der Waals surface area (Å²) in [6.45, 7) is 2.78. The molecule has 3 amide bonds. The van der Waals surface area contributed by atoms with E-state index >= 15 is 0 Å². The largest absolute Gasteiger partial charge is 0.354 e. The van der Waals surface area contributed by atoms with E-state index in [1.54, 1.807) is 11.8 Å². The maximum atomic E-state index is 12.8. The molecule has 5 nitrogen and oxygen atoms in total. The molecule has 1 aliphatic heterocycles. The minimum absolute atomic E-state index is 0.109. The van der Waals surface area contributed by atoms with E-state index in [-0.39, 0.29) is 29.6 Å². The van der Waals surface area contributed by atoms with E-state index in [0.29, 0.717) is 13.0 Å². The van der Waals surface area contributed by atoms with Crippen molar-refractivity contribution in [2.24, 2.45) is 11.8 Å². The molecule has 0 spiro atoms. The second kappa shape index (κ2) is 10.2. The average Bonchev–Trinajstić information content (AvgIpc) is 2.87. The fourth-order valence-electron chi connectivity index (χ4n) is 3.98. The van der Waals surface area contributed by atoms with Gasteiger partial charge in [-0.05, 0) is 37.7 Å². The molecule has 3 unspecified atom stereocenters. The molecule has 2 fully saturated rings. The van der Waals surface area contributed by atoms with Crippen LogP contribution < -0.4 is 5.32 Å². The predicted molar refractivity (Wildman–Crippen MR) is 101 cm³/mol. The van der Waals surface area contributed by atoms with Crippen LogP contribution in [0.2, 0.25) is 0 Å². The van der Waals surface area contributed by atoms with E-state index < -0.39 is 6.04 Å². The number of unbranched alkanes of at least 4 members (excludes halogenated alkanes) is 3. The average molecular weight is 369 g/mol. The third kappa shape index (κ3) is 4.99. The van der Waals surface area contributed by atoms with Gasteiger partial charge in [-0.25, -0.2) is 0 Å². The van der Waals surface area contributed by atoms with Crippen LogP contribution in [0.1, 0.15) is 64.7 Å². The molecule has 1 aliphatic carbocycles. The van der Waals surface area contributed by atoms with Gasteiger partial charge in [-0.15, -0.1) is 0 Å². The standard InChI is InChI=1S/C19H32N2O3S/c1-3-4-5-8-12-20-17(22)16(11-13-25-2)21-18(23)14-9-6-7-10-15(14)19(21)24/h14-16H,3-13H2,1-2H3,(H,20,22). The molecular formula is C19H32N2O3S. The van der Waals surface area contributed by atoms with Gasteiger partial charge in [0.25, 0.3) is 0 Å². The lowest BCUT2D eigenvalue weighted by molar-refractivity contribution is -0.148. The number of nitrogens with zero attached hydrogens (tertiary/aromatic N) is 1. The summed E-state index contributed by atoms with van der Waals surface area (Å²) in [6.07, 6.45) is 10.5. The molecule has 2 aliphatic rings. The first-order valence-electron chi connectivity index (χ1n) is 9.75. The normalized spacial score (nSPS) is 24.3. The number of nitrogens with one attached hydrogen (secondary N) is 1. The monoisotopic (exact) mass is 368 g/mol. The van der Waals surface area contributed by atoms with Crippen LogP contribution >= 0.6 is 11.8 Å². The van der Waals surface area contributed by atoms with Crippen molar-refractivity contribution in [1.82, 2.24) is 10.2 Å². The van der Waals surface area contributed by atoms with Crippen LogP contribution in [0.15, 0.2) is 0 Å². The van der Waals surface area contributed by atoms with Crippen LogP contribution in [0.3, 0.4) is 0 Å². The minimum Gasteiger partial charge on any atom is -0.354 e.